The quantitative estimate of drug-likeness (QED) is 0.724. The number of nitrogens with one attached hydrogen (secondary N) is 1. The number of hydrogen-bond donors (Lipinski definition) is 2. The minimum atomic E-state index is -0.153. The Balaban J connectivity index is 4.01. The summed E-state index contributed by atoms with van der Waals surface area (Å²) in [5.74, 6) is 0.209. The van der Waals surface area contributed by atoms with Gasteiger partial charge in [0, 0.05) is 0 Å². The summed E-state index contributed by atoms with van der Waals surface area (Å²) >= 11 is 3.26. The molecule has 0 spiro atoms. The molecule has 0 rings (SSSR count). The number of hydrogen-bond acceptors (Lipinski definition) is 2. The molecule has 0 aromatic carbocycles. The van der Waals surface area contributed by atoms with Crippen molar-refractivity contribution in [1.29, 1.82) is 0 Å². The van der Waals surface area contributed by atoms with Gasteiger partial charge in [-0.25, -0.2) is 0 Å². The van der Waals surface area contributed by atoms with Crippen molar-refractivity contribution >= 4 is 21.8 Å². The average molecular weight is 252 g/mol. The first kappa shape index (κ1) is 12.9. The van der Waals surface area contributed by atoms with Crippen LogP contribution < -0.4 is 5.32 Å². The largest absolute Gasteiger partial charge is 0.394 e. The Bertz CT molecular complexity index is 162. The highest BCUT2D eigenvalue weighted by Gasteiger charge is 2.18. The van der Waals surface area contributed by atoms with Crippen LogP contribution in [0, 0.1) is 5.92 Å². The van der Waals surface area contributed by atoms with Gasteiger partial charge in [0.05, 0.1) is 17.5 Å². The molecular formula is C9H18BrNO2. The molecular weight excluding hydrogens is 234 g/mol. The number of alkyl halides is 1. The first-order valence-corrected chi connectivity index (χ1v) is 5.49. The van der Waals surface area contributed by atoms with Crippen LogP contribution in [0.1, 0.15) is 27.2 Å². The summed E-state index contributed by atoms with van der Waals surface area (Å²) in [5.41, 5.74) is 0. The van der Waals surface area contributed by atoms with Crippen molar-refractivity contribution < 1.29 is 9.90 Å². The van der Waals surface area contributed by atoms with Gasteiger partial charge in [-0.2, -0.15) is 0 Å². The lowest BCUT2D eigenvalue weighted by Gasteiger charge is -2.21. The Kier molecular flexibility index (Phi) is 6.33. The molecule has 1 amide bonds. The third-order valence-electron chi connectivity index (χ3n) is 1.97. The number of aliphatic hydroxyl groups excluding tert-OH is 1. The monoisotopic (exact) mass is 251 g/mol. The van der Waals surface area contributed by atoms with Gasteiger partial charge in [-0.3, -0.25) is 4.79 Å². The molecule has 0 aromatic heterocycles. The fourth-order valence-corrected chi connectivity index (χ4v) is 1.01. The van der Waals surface area contributed by atoms with Crippen molar-refractivity contribution in [2.24, 2.45) is 5.92 Å². The summed E-state index contributed by atoms with van der Waals surface area (Å²) < 4.78 is 0. The summed E-state index contributed by atoms with van der Waals surface area (Å²) in [5, 5.41) is 11.8. The second kappa shape index (κ2) is 6.38. The molecule has 2 atom stereocenters. The van der Waals surface area contributed by atoms with Crippen molar-refractivity contribution in [3.63, 3.8) is 0 Å². The third-order valence-corrected chi connectivity index (χ3v) is 3.04. The number of amides is 1. The summed E-state index contributed by atoms with van der Waals surface area (Å²) in [7, 11) is 0. The lowest BCUT2D eigenvalue weighted by atomic mass is 10.1. The van der Waals surface area contributed by atoms with Gasteiger partial charge >= 0.3 is 0 Å². The van der Waals surface area contributed by atoms with Gasteiger partial charge in [-0.15, -0.1) is 0 Å². The van der Waals surface area contributed by atoms with Crippen molar-refractivity contribution in [3.8, 4) is 0 Å². The van der Waals surface area contributed by atoms with Crippen LogP contribution in [0.5, 0.6) is 0 Å². The molecule has 0 radical (unpaired) electrons. The smallest absolute Gasteiger partial charge is 0.234 e. The zero-order valence-corrected chi connectivity index (χ0v) is 9.97. The highest BCUT2D eigenvalue weighted by molar-refractivity contribution is 9.10. The van der Waals surface area contributed by atoms with E-state index < -0.39 is 0 Å². The molecule has 4 heteroatoms. The molecule has 0 aliphatic carbocycles. The molecule has 0 fully saturated rings. The minimum Gasteiger partial charge on any atom is -0.394 e. The molecule has 0 saturated heterocycles. The van der Waals surface area contributed by atoms with Crippen molar-refractivity contribution in [2.75, 3.05) is 6.61 Å². The maximum Gasteiger partial charge on any atom is 0.234 e. The fourth-order valence-electron chi connectivity index (χ4n) is 0.882. The molecule has 0 saturated carbocycles. The van der Waals surface area contributed by atoms with E-state index in [1.165, 1.54) is 0 Å². The van der Waals surface area contributed by atoms with Crippen LogP contribution in [0.15, 0.2) is 0 Å². The van der Waals surface area contributed by atoms with Crippen LogP contribution in [-0.4, -0.2) is 28.5 Å². The van der Waals surface area contributed by atoms with Crippen LogP contribution in [0.25, 0.3) is 0 Å². The van der Waals surface area contributed by atoms with Crippen molar-refractivity contribution in [2.45, 2.75) is 38.1 Å². The van der Waals surface area contributed by atoms with Crippen LogP contribution in [-0.2, 0) is 4.79 Å². The van der Waals surface area contributed by atoms with Crippen LogP contribution in [0.3, 0.4) is 0 Å². The molecule has 0 aromatic rings. The zero-order chi connectivity index (χ0) is 10.4. The molecule has 13 heavy (non-hydrogen) atoms. The normalized spacial score (nSPS) is 15.5. The highest BCUT2D eigenvalue weighted by Crippen LogP contribution is 2.07. The van der Waals surface area contributed by atoms with Gasteiger partial charge in [0.15, 0.2) is 0 Å². The van der Waals surface area contributed by atoms with Crippen molar-refractivity contribution in [3.05, 3.63) is 0 Å². The van der Waals surface area contributed by atoms with E-state index in [1.54, 1.807) is 0 Å². The van der Waals surface area contributed by atoms with Gasteiger partial charge in [0.2, 0.25) is 5.91 Å². The van der Waals surface area contributed by atoms with Gasteiger partial charge < -0.3 is 10.4 Å². The summed E-state index contributed by atoms with van der Waals surface area (Å²) in [6.07, 6.45) is 0.752. The maximum atomic E-state index is 11.4. The lowest BCUT2D eigenvalue weighted by molar-refractivity contribution is -0.121. The molecule has 2 N–H and O–H groups in total. The second-order valence-electron chi connectivity index (χ2n) is 3.42. The van der Waals surface area contributed by atoms with E-state index in [-0.39, 0.29) is 29.3 Å². The van der Waals surface area contributed by atoms with E-state index in [4.69, 9.17) is 5.11 Å². The number of halogens is 1. The van der Waals surface area contributed by atoms with Crippen LogP contribution >= 0.6 is 15.9 Å². The Morgan fingerprint density at radius 2 is 2.08 bits per heavy atom. The first-order valence-electron chi connectivity index (χ1n) is 4.58. The summed E-state index contributed by atoms with van der Waals surface area (Å²) in [6, 6.07) is -0.140. The van der Waals surface area contributed by atoms with Gasteiger partial charge in [0.25, 0.3) is 0 Å². The first-order chi connectivity index (χ1) is 6.02. The molecule has 0 aliphatic rings. The Morgan fingerprint density at radius 3 is 2.38 bits per heavy atom. The SMILES string of the molecule is CCC(Br)C(=O)NC(CO)C(C)C. The third kappa shape index (κ3) is 4.62. The van der Waals surface area contributed by atoms with Gasteiger partial charge in [-0.05, 0) is 12.3 Å². The number of aliphatic hydroxyl groups is 1. The molecule has 0 aliphatic heterocycles. The molecule has 3 nitrogen and oxygen atoms in total. The Morgan fingerprint density at radius 1 is 1.54 bits per heavy atom. The maximum absolute atomic E-state index is 11.4. The van der Waals surface area contributed by atoms with Crippen molar-refractivity contribution in [1.82, 2.24) is 5.32 Å². The van der Waals surface area contributed by atoms with Gasteiger partial charge in [-0.1, -0.05) is 36.7 Å². The second-order valence-corrected chi connectivity index (χ2v) is 4.52. The molecule has 2 unspecified atom stereocenters. The summed E-state index contributed by atoms with van der Waals surface area (Å²) in [6.45, 7) is 5.86. The highest BCUT2D eigenvalue weighted by atomic mass is 79.9. The number of carbonyl (C=O) groups is 1. The van der Waals surface area contributed by atoms with E-state index in [9.17, 15) is 4.79 Å². The predicted molar refractivity (Wildman–Crippen MR) is 56.9 cm³/mol. The van der Waals surface area contributed by atoms with E-state index in [1.807, 2.05) is 20.8 Å². The van der Waals surface area contributed by atoms with Crippen LogP contribution in [0.4, 0.5) is 0 Å². The van der Waals surface area contributed by atoms with E-state index >= 15 is 0 Å². The molecule has 0 heterocycles. The topological polar surface area (TPSA) is 49.3 Å². The van der Waals surface area contributed by atoms with Crippen LogP contribution in [0.2, 0.25) is 0 Å². The number of rotatable bonds is 5. The Hall–Kier alpha value is -0.0900. The fraction of sp³-hybridized carbons (Fsp3) is 0.889. The Labute approximate surface area is 88.0 Å². The van der Waals surface area contributed by atoms with E-state index in [0.29, 0.717) is 0 Å². The van der Waals surface area contributed by atoms with E-state index in [0.717, 1.165) is 6.42 Å². The number of carbonyl (C=O) groups excluding carboxylic acids is 1. The standard InChI is InChI=1S/C9H18BrNO2/c1-4-7(10)9(13)11-8(5-12)6(2)3/h6-8,12H,4-5H2,1-3H3,(H,11,13). The lowest BCUT2D eigenvalue weighted by Crippen LogP contribution is -2.44. The molecule has 0 bridgehead atoms. The zero-order valence-electron chi connectivity index (χ0n) is 8.38. The van der Waals surface area contributed by atoms with E-state index in [2.05, 4.69) is 21.2 Å². The summed E-state index contributed by atoms with van der Waals surface area (Å²) in [4.78, 5) is 11.2. The predicted octanol–water partition coefficient (Wildman–Crippen LogP) is 1.29. The van der Waals surface area contributed by atoms with Gasteiger partial charge in [0.1, 0.15) is 0 Å². The minimum absolute atomic E-state index is 0.00710. The molecule has 78 valence electrons. The average Bonchev–Trinajstić information content (AvgIpc) is 2.11.